The molecule has 0 saturated carbocycles. The van der Waals surface area contributed by atoms with E-state index in [-0.39, 0.29) is 5.82 Å². The predicted molar refractivity (Wildman–Crippen MR) is 148 cm³/mol. The van der Waals surface area contributed by atoms with Gasteiger partial charge >= 0.3 is 0 Å². The number of nitrogens with zero attached hydrogens (tertiary/aromatic N) is 8. The summed E-state index contributed by atoms with van der Waals surface area (Å²) < 4.78 is 16.9. The van der Waals surface area contributed by atoms with Gasteiger partial charge in [-0.05, 0) is 49.6 Å². The molecule has 4 aromatic heterocycles. The molecule has 5 heterocycles. The largest absolute Gasteiger partial charge is 0.391 e. The van der Waals surface area contributed by atoms with Crippen molar-refractivity contribution in [1.82, 2.24) is 34.3 Å². The van der Waals surface area contributed by atoms with E-state index >= 15 is 0 Å². The Kier molecular flexibility index (Phi) is 6.60. The molecule has 0 aliphatic carbocycles. The highest BCUT2D eigenvalue weighted by Gasteiger charge is 2.27. The Labute approximate surface area is 230 Å². The number of aromatic nitrogens is 7. The van der Waals surface area contributed by atoms with Crippen molar-refractivity contribution in [1.29, 1.82) is 0 Å². The minimum absolute atomic E-state index is 0.356. The smallest absolute Gasteiger partial charge is 0.156 e. The molecule has 2 N–H and O–H groups in total. The number of hydrogen-bond donors (Lipinski definition) is 2. The lowest BCUT2D eigenvalue weighted by Gasteiger charge is -2.27. The third kappa shape index (κ3) is 4.96. The minimum atomic E-state index is -1.34. The number of aliphatic hydroxyl groups excluding tert-OH is 1. The fourth-order valence-corrected chi connectivity index (χ4v) is 4.95. The third-order valence-electron chi connectivity index (χ3n) is 7.22. The first kappa shape index (κ1) is 25.8. The fraction of sp³-hybridized carbons (Fsp3) is 0.276. The number of fused-ring (bicyclic) bond motifs is 1. The molecule has 0 amide bonds. The van der Waals surface area contributed by atoms with Crippen LogP contribution in [0.2, 0.25) is 0 Å². The summed E-state index contributed by atoms with van der Waals surface area (Å²) in [6.07, 6.45) is 12.8. The summed E-state index contributed by atoms with van der Waals surface area (Å²) >= 11 is 0. The molecule has 0 saturated heterocycles. The van der Waals surface area contributed by atoms with Crippen LogP contribution in [0.4, 0.5) is 10.2 Å². The molecule has 1 aliphatic rings. The van der Waals surface area contributed by atoms with Gasteiger partial charge in [-0.3, -0.25) is 4.68 Å². The van der Waals surface area contributed by atoms with Crippen molar-refractivity contribution in [3.8, 4) is 11.1 Å². The fourth-order valence-electron chi connectivity index (χ4n) is 4.95. The van der Waals surface area contributed by atoms with Gasteiger partial charge in [0.15, 0.2) is 11.6 Å². The Balaban J connectivity index is 1.19. The van der Waals surface area contributed by atoms with Crippen LogP contribution in [0.25, 0.3) is 22.2 Å². The molecule has 1 aromatic carbocycles. The van der Waals surface area contributed by atoms with E-state index in [2.05, 4.69) is 36.1 Å². The van der Waals surface area contributed by atoms with Gasteiger partial charge in [0.1, 0.15) is 23.3 Å². The third-order valence-corrected chi connectivity index (χ3v) is 7.22. The number of benzene rings is 1. The normalized spacial score (nSPS) is 16.1. The van der Waals surface area contributed by atoms with Crippen LogP contribution in [0.3, 0.4) is 0 Å². The van der Waals surface area contributed by atoms with E-state index in [4.69, 9.17) is 0 Å². The minimum Gasteiger partial charge on any atom is -0.391 e. The van der Waals surface area contributed by atoms with Gasteiger partial charge in [0.25, 0.3) is 0 Å². The molecule has 204 valence electrons. The summed E-state index contributed by atoms with van der Waals surface area (Å²) in [5, 5.41) is 29.4. The molecule has 0 radical (unpaired) electrons. The van der Waals surface area contributed by atoms with Crippen molar-refractivity contribution in [3.63, 3.8) is 0 Å². The number of halogens is 1. The molecule has 40 heavy (non-hydrogen) atoms. The maximum absolute atomic E-state index is 13.3. The monoisotopic (exact) mass is 540 g/mol. The molecule has 0 bridgehead atoms. The van der Waals surface area contributed by atoms with E-state index in [9.17, 15) is 14.6 Å². The zero-order chi connectivity index (χ0) is 27.9. The van der Waals surface area contributed by atoms with E-state index in [0.717, 1.165) is 41.0 Å². The van der Waals surface area contributed by atoms with Gasteiger partial charge in [-0.25, -0.2) is 23.9 Å². The number of rotatable bonds is 7. The Bertz CT molecular complexity index is 1670. The maximum atomic E-state index is 13.3. The Morgan fingerprint density at radius 2 is 1.77 bits per heavy atom. The number of aliphatic hydroxyl groups is 2. The van der Waals surface area contributed by atoms with E-state index in [1.54, 1.807) is 55.6 Å². The van der Waals surface area contributed by atoms with Crippen LogP contribution >= 0.6 is 0 Å². The second kappa shape index (κ2) is 10.2. The van der Waals surface area contributed by atoms with Gasteiger partial charge < -0.3 is 15.1 Å². The summed E-state index contributed by atoms with van der Waals surface area (Å²) in [5.74, 6) is 1.09. The van der Waals surface area contributed by atoms with E-state index in [1.165, 1.54) is 12.1 Å². The first-order chi connectivity index (χ1) is 19.3. The topological polar surface area (TPSA) is 117 Å². The van der Waals surface area contributed by atoms with Crippen LogP contribution < -0.4 is 4.90 Å². The lowest BCUT2D eigenvalue weighted by Crippen LogP contribution is -2.30. The average molecular weight is 541 g/mol. The van der Waals surface area contributed by atoms with Crippen molar-refractivity contribution < 1.29 is 14.6 Å². The van der Waals surface area contributed by atoms with Crippen molar-refractivity contribution >= 4 is 16.9 Å². The molecular formula is C29H29FN8O2. The van der Waals surface area contributed by atoms with Crippen molar-refractivity contribution in [2.75, 3.05) is 18.0 Å². The van der Waals surface area contributed by atoms with Crippen molar-refractivity contribution in [2.24, 2.45) is 0 Å². The Hall–Kier alpha value is -4.48. The quantitative estimate of drug-likeness (QED) is 0.322. The van der Waals surface area contributed by atoms with Gasteiger partial charge in [-0.15, -0.1) is 0 Å². The molecule has 1 unspecified atom stereocenters. The molecule has 10 nitrogen and oxygen atoms in total. The van der Waals surface area contributed by atoms with Crippen molar-refractivity contribution in [2.45, 2.75) is 38.5 Å². The van der Waals surface area contributed by atoms with E-state index in [1.807, 2.05) is 23.0 Å². The Morgan fingerprint density at radius 3 is 2.48 bits per heavy atom. The number of hydrogen-bond acceptors (Lipinski definition) is 8. The van der Waals surface area contributed by atoms with Crippen molar-refractivity contribution in [3.05, 3.63) is 96.5 Å². The Morgan fingerprint density at radius 1 is 1.00 bits per heavy atom. The van der Waals surface area contributed by atoms with Crippen LogP contribution in [-0.2, 0) is 12.1 Å². The summed E-state index contributed by atoms with van der Waals surface area (Å²) in [5.41, 5.74) is 3.58. The van der Waals surface area contributed by atoms with Crippen LogP contribution in [-0.4, -0.2) is 63.8 Å². The molecule has 5 aromatic rings. The molecule has 6 rings (SSSR count). The molecule has 2 atom stereocenters. The second-order valence-electron chi connectivity index (χ2n) is 10.2. The first-order valence-electron chi connectivity index (χ1n) is 13.1. The molecule has 0 fully saturated rings. The first-order valence-corrected chi connectivity index (χ1v) is 13.1. The summed E-state index contributed by atoms with van der Waals surface area (Å²) in [7, 11) is 0. The van der Waals surface area contributed by atoms with Crippen LogP contribution in [0.1, 0.15) is 37.2 Å². The summed E-state index contributed by atoms with van der Waals surface area (Å²) in [6, 6.07) is 7.82. The lowest BCUT2D eigenvalue weighted by molar-refractivity contribution is 0.101. The SMILES string of the molecule is C[C@H](O)Cn1cc(-c2cc3c(N4CC=C(c5ncc(C(C)(O)c6ccc(F)cc6)cn5)CC4)ncnn3c2)cn1. The zero-order valence-corrected chi connectivity index (χ0v) is 22.2. The summed E-state index contributed by atoms with van der Waals surface area (Å²) in [4.78, 5) is 15.8. The molecule has 11 heteroatoms. The maximum Gasteiger partial charge on any atom is 0.156 e. The predicted octanol–water partition coefficient (Wildman–Crippen LogP) is 3.45. The van der Waals surface area contributed by atoms with Gasteiger partial charge in [0, 0.05) is 54.6 Å². The van der Waals surface area contributed by atoms with Crippen LogP contribution in [0.15, 0.2) is 73.7 Å². The standard InChI is InChI=1S/C29H29FN8O2/c1-19(39)15-37-16-22(12-34-37)21-11-26-28(33-18-35-38(26)17-21)36-9-7-20(8-10-36)27-31-13-24(14-32-27)29(2,40)23-3-5-25(30)6-4-23/h3-7,11-14,16-19,39-40H,8-10,15H2,1-2H3/t19-,29?/m0/s1. The van der Waals surface area contributed by atoms with Crippen LogP contribution in [0.5, 0.6) is 0 Å². The molecule has 1 aliphatic heterocycles. The number of anilines is 1. The highest BCUT2D eigenvalue weighted by atomic mass is 19.1. The van der Waals surface area contributed by atoms with Gasteiger partial charge in [-0.2, -0.15) is 10.2 Å². The lowest BCUT2D eigenvalue weighted by atomic mass is 9.90. The zero-order valence-electron chi connectivity index (χ0n) is 22.2. The second-order valence-corrected chi connectivity index (χ2v) is 10.2. The highest BCUT2D eigenvalue weighted by Crippen LogP contribution is 2.31. The van der Waals surface area contributed by atoms with E-state index < -0.39 is 11.7 Å². The molecular weight excluding hydrogens is 511 g/mol. The highest BCUT2D eigenvalue weighted by molar-refractivity contribution is 5.78. The average Bonchev–Trinajstić information content (AvgIpc) is 3.60. The molecule has 0 spiro atoms. The van der Waals surface area contributed by atoms with Crippen LogP contribution in [0, 0.1) is 5.82 Å². The van der Waals surface area contributed by atoms with Gasteiger partial charge in [0.2, 0.25) is 0 Å². The summed E-state index contributed by atoms with van der Waals surface area (Å²) in [6.45, 7) is 5.17. The van der Waals surface area contributed by atoms with Gasteiger partial charge in [-0.1, -0.05) is 18.2 Å². The van der Waals surface area contributed by atoms with Gasteiger partial charge in [0.05, 0.1) is 18.8 Å². The van der Waals surface area contributed by atoms with E-state index in [0.29, 0.717) is 30.0 Å².